The molecule has 1 saturated heterocycles. The normalized spacial score (nSPS) is 15.8. The minimum absolute atomic E-state index is 0.216. The van der Waals surface area contributed by atoms with Gasteiger partial charge in [-0.05, 0) is 24.3 Å². The van der Waals surface area contributed by atoms with E-state index in [1.165, 1.54) is 12.3 Å². The van der Waals surface area contributed by atoms with Gasteiger partial charge in [0.05, 0.1) is 6.26 Å². The van der Waals surface area contributed by atoms with Gasteiger partial charge in [0.2, 0.25) is 0 Å². The monoisotopic (exact) mass is 325 g/mol. The first-order valence-electron chi connectivity index (χ1n) is 7.07. The zero-order valence-electron chi connectivity index (χ0n) is 12.1. The molecule has 0 aromatic carbocycles. The Bertz CT molecular complexity index is 678. The van der Waals surface area contributed by atoms with Crippen LogP contribution in [0.4, 0.5) is 19.0 Å². The minimum Gasteiger partial charge on any atom is -0.459 e. The van der Waals surface area contributed by atoms with E-state index < -0.39 is 11.9 Å². The van der Waals surface area contributed by atoms with Gasteiger partial charge in [-0.2, -0.15) is 13.2 Å². The summed E-state index contributed by atoms with van der Waals surface area (Å²) >= 11 is 0. The Morgan fingerprint density at radius 2 is 1.83 bits per heavy atom. The number of rotatable bonds is 2. The summed E-state index contributed by atoms with van der Waals surface area (Å²) in [6, 6.07) is 7.05. The predicted molar refractivity (Wildman–Crippen MR) is 76.1 cm³/mol. The van der Waals surface area contributed by atoms with Crippen LogP contribution in [0.25, 0.3) is 0 Å². The summed E-state index contributed by atoms with van der Waals surface area (Å²) in [5, 5.41) is 0. The van der Waals surface area contributed by atoms with Gasteiger partial charge in [0.1, 0.15) is 11.5 Å². The van der Waals surface area contributed by atoms with Gasteiger partial charge in [0.15, 0.2) is 5.76 Å². The molecule has 0 N–H and O–H groups in total. The maximum absolute atomic E-state index is 12.7. The second kappa shape index (κ2) is 5.94. The largest absolute Gasteiger partial charge is 0.459 e. The molecular formula is C15H14F3N3O2. The first-order valence-corrected chi connectivity index (χ1v) is 7.07. The summed E-state index contributed by atoms with van der Waals surface area (Å²) in [7, 11) is 0. The van der Waals surface area contributed by atoms with Gasteiger partial charge in [-0.15, -0.1) is 0 Å². The van der Waals surface area contributed by atoms with Crippen molar-refractivity contribution in [3.63, 3.8) is 0 Å². The van der Waals surface area contributed by atoms with Crippen LogP contribution in [0.1, 0.15) is 16.2 Å². The lowest BCUT2D eigenvalue weighted by molar-refractivity contribution is -0.141. The van der Waals surface area contributed by atoms with E-state index in [9.17, 15) is 18.0 Å². The molecule has 2 aromatic heterocycles. The second-order valence-corrected chi connectivity index (χ2v) is 5.14. The van der Waals surface area contributed by atoms with Crippen LogP contribution in [0.15, 0.2) is 41.0 Å². The number of nitrogens with zero attached hydrogens (tertiary/aromatic N) is 3. The molecule has 0 bridgehead atoms. The smallest absolute Gasteiger partial charge is 0.433 e. The third kappa shape index (κ3) is 3.30. The van der Waals surface area contributed by atoms with Crippen molar-refractivity contribution in [1.82, 2.24) is 9.88 Å². The molecule has 8 heteroatoms. The van der Waals surface area contributed by atoms with Crippen LogP contribution in [0.5, 0.6) is 0 Å². The Kier molecular flexibility index (Phi) is 3.97. The maximum atomic E-state index is 12.7. The van der Waals surface area contributed by atoms with Crippen LogP contribution in [0.3, 0.4) is 0 Å². The molecule has 0 spiro atoms. The van der Waals surface area contributed by atoms with Gasteiger partial charge in [-0.25, -0.2) is 4.98 Å². The second-order valence-electron chi connectivity index (χ2n) is 5.14. The van der Waals surface area contributed by atoms with E-state index in [-0.39, 0.29) is 17.5 Å². The van der Waals surface area contributed by atoms with E-state index >= 15 is 0 Å². The van der Waals surface area contributed by atoms with E-state index in [2.05, 4.69) is 4.98 Å². The number of piperazine rings is 1. The van der Waals surface area contributed by atoms with Crippen LogP contribution in [0.2, 0.25) is 0 Å². The summed E-state index contributed by atoms with van der Waals surface area (Å²) in [5.74, 6) is 0.312. The first-order chi connectivity index (χ1) is 10.9. The van der Waals surface area contributed by atoms with Crippen molar-refractivity contribution in [2.75, 3.05) is 31.1 Å². The zero-order chi connectivity index (χ0) is 16.4. The number of halogens is 3. The number of furan rings is 1. The van der Waals surface area contributed by atoms with Crippen LogP contribution in [0, 0.1) is 0 Å². The predicted octanol–water partition coefficient (Wildman–Crippen LogP) is 2.66. The number of hydrogen-bond donors (Lipinski definition) is 0. The summed E-state index contributed by atoms with van der Waals surface area (Å²) in [5.41, 5.74) is -0.913. The number of aromatic nitrogens is 1. The van der Waals surface area contributed by atoms with E-state index in [4.69, 9.17) is 4.42 Å². The molecule has 0 saturated carbocycles. The number of alkyl halides is 3. The maximum Gasteiger partial charge on any atom is 0.433 e. The topological polar surface area (TPSA) is 49.6 Å². The molecule has 23 heavy (non-hydrogen) atoms. The van der Waals surface area contributed by atoms with E-state index in [1.54, 1.807) is 28.0 Å². The average Bonchev–Trinajstić information content (AvgIpc) is 3.08. The number of anilines is 1. The lowest BCUT2D eigenvalue weighted by atomic mass is 10.2. The van der Waals surface area contributed by atoms with Gasteiger partial charge in [0, 0.05) is 26.2 Å². The molecule has 3 rings (SSSR count). The van der Waals surface area contributed by atoms with Crippen molar-refractivity contribution in [3.8, 4) is 0 Å². The van der Waals surface area contributed by atoms with Crippen molar-refractivity contribution < 1.29 is 22.4 Å². The van der Waals surface area contributed by atoms with Gasteiger partial charge in [0.25, 0.3) is 5.91 Å². The summed E-state index contributed by atoms with van der Waals surface area (Å²) in [6.45, 7) is 1.64. The lowest BCUT2D eigenvalue weighted by Gasteiger charge is -2.35. The Hall–Kier alpha value is -2.51. The molecule has 1 aliphatic heterocycles. The quantitative estimate of drug-likeness (QED) is 0.852. The highest BCUT2D eigenvalue weighted by molar-refractivity contribution is 5.91. The number of carbonyl (C=O) groups is 1. The summed E-state index contributed by atoms with van der Waals surface area (Å²) < 4.78 is 43.2. The molecule has 0 radical (unpaired) electrons. The fraction of sp³-hybridized carbons (Fsp3) is 0.333. The van der Waals surface area contributed by atoms with E-state index in [0.717, 1.165) is 6.07 Å². The van der Waals surface area contributed by atoms with Crippen molar-refractivity contribution in [2.24, 2.45) is 0 Å². The molecule has 122 valence electrons. The molecule has 2 aromatic rings. The molecule has 0 aliphatic carbocycles. The molecule has 0 atom stereocenters. The van der Waals surface area contributed by atoms with Crippen LogP contribution < -0.4 is 4.90 Å². The van der Waals surface area contributed by atoms with Crippen molar-refractivity contribution >= 4 is 11.7 Å². The fourth-order valence-electron chi connectivity index (χ4n) is 2.45. The SMILES string of the molecule is O=C(c1ccco1)N1CCN(c2cccc(C(F)(F)F)n2)CC1. The van der Waals surface area contributed by atoms with Crippen LogP contribution in [-0.4, -0.2) is 42.0 Å². The Balaban J connectivity index is 1.66. The van der Waals surface area contributed by atoms with E-state index in [0.29, 0.717) is 26.2 Å². The van der Waals surface area contributed by atoms with Crippen LogP contribution in [-0.2, 0) is 6.18 Å². The third-order valence-electron chi connectivity index (χ3n) is 3.65. The minimum atomic E-state index is -4.47. The van der Waals surface area contributed by atoms with Gasteiger partial charge >= 0.3 is 6.18 Å². The van der Waals surface area contributed by atoms with Crippen LogP contribution >= 0.6 is 0 Å². The van der Waals surface area contributed by atoms with Crippen molar-refractivity contribution in [2.45, 2.75) is 6.18 Å². The molecule has 1 aliphatic rings. The number of amides is 1. The average molecular weight is 325 g/mol. The van der Waals surface area contributed by atoms with Crippen molar-refractivity contribution in [3.05, 3.63) is 48.0 Å². The lowest BCUT2D eigenvalue weighted by Crippen LogP contribution is -2.49. The molecule has 1 amide bonds. The zero-order valence-corrected chi connectivity index (χ0v) is 12.1. The Morgan fingerprint density at radius 1 is 1.09 bits per heavy atom. The fourth-order valence-corrected chi connectivity index (χ4v) is 2.45. The highest BCUT2D eigenvalue weighted by atomic mass is 19.4. The molecule has 0 unspecified atom stereocenters. The number of hydrogen-bond acceptors (Lipinski definition) is 4. The summed E-state index contributed by atoms with van der Waals surface area (Å²) in [4.78, 5) is 19.2. The van der Waals surface area contributed by atoms with Gasteiger partial charge < -0.3 is 14.2 Å². The highest BCUT2D eigenvalue weighted by Crippen LogP contribution is 2.29. The molecule has 3 heterocycles. The van der Waals surface area contributed by atoms with Crippen molar-refractivity contribution in [1.29, 1.82) is 0 Å². The molecule has 1 fully saturated rings. The highest BCUT2D eigenvalue weighted by Gasteiger charge is 2.33. The van der Waals surface area contributed by atoms with E-state index in [1.807, 2.05) is 0 Å². The molecular weight excluding hydrogens is 311 g/mol. The third-order valence-corrected chi connectivity index (χ3v) is 3.65. The standard InChI is InChI=1S/C15H14F3N3O2/c16-15(17,18)12-4-1-5-13(19-12)20-6-8-21(9-7-20)14(22)11-3-2-10-23-11/h1-5,10H,6-9H2. The Morgan fingerprint density at radius 3 is 2.43 bits per heavy atom. The summed E-state index contributed by atoms with van der Waals surface area (Å²) in [6.07, 6.45) is -3.04. The Labute approximate surface area is 130 Å². The number of pyridine rings is 1. The van der Waals surface area contributed by atoms with Gasteiger partial charge in [-0.1, -0.05) is 6.07 Å². The first kappa shape index (κ1) is 15.4. The van der Waals surface area contributed by atoms with Gasteiger partial charge in [-0.3, -0.25) is 4.79 Å². The molecule has 5 nitrogen and oxygen atoms in total. The number of carbonyl (C=O) groups excluding carboxylic acids is 1.